The maximum absolute atomic E-state index is 13.7. The molecule has 0 N–H and O–H groups in total. The summed E-state index contributed by atoms with van der Waals surface area (Å²) in [5.41, 5.74) is -2.04. The number of rotatable bonds is 7. The maximum atomic E-state index is 13.7. The number of aryl methyl sites for hydroxylation is 1. The number of piperazine rings is 1. The van der Waals surface area contributed by atoms with E-state index in [9.17, 15) is 28.0 Å². The Hall–Kier alpha value is -3.89. The number of hydrogen-bond acceptors (Lipinski definition) is 7. The molecular formula is C35H44F3N5O4S. The first kappa shape index (κ1) is 36.9. The van der Waals surface area contributed by atoms with E-state index in [0.717, 1.165) is 22.6 Å². The molecule has 2 amide bonds. The molecule has 2 saturated heterocycles. The van der Waals surface area contributed by atoms with Gasteiger partial charge in [0.15, 0.2) is 5.11 Å². The van der Waals surface area contributed by atoms with Crippen LogP contribution in [0.2, 0.25) is 0 Å². The highest BCUT2D eigenvalue weighted by atomic mass is 32.1. The lowest BCUT2D eigenvalue weighted by Gasteiger charge is -2.46. The van der Waals surface area contributed by atoms with Gasteiger partial charge in [0.05, 0.1) is 22.9 Å². The van der Waals surface area contributed by atoms with Crippen LogP contribution in [0.3, 0.4) is 0 Å². The molecule has 48 heavy (non-hydrogen) atoms. The molecule has 2 unspecified atom stereocenters. The van der Waals surface area contributed by atoms with Crippen LogP contribution < -0.4 is 14.5 Å². The zero-order valence-electron chi connectivity index (χ0n) is 28.9. The number of nitriles is 1. The number of amides is 2. The van der Waals surface area contributed by atoms with Crippen LogP contribution in [0.25, 0.3) is 0 Å². The topological polar surface area (TPSA) is 89.4 Å². The minimum absolute atomic E-state index is 0.0286. The van der Waals surface area contributed by atoms with Crippen LogP contribution in [0.5, 0.6) is 5.75 Å². The summed E-state index contributed by atoms with van der Waals surface area (Å²) in [5, 5.41) is 9.24. The van der Waals surface area contributed by atoms with E-state index in [4.69, 9.17) is 21.7 Å². The summed E-state index contributed by atoms with van der Waals surface area (Å²) in [5.74, 6) is 0.183. The molecular weight excluding hydrogens is 643 g/mol. The second-order valence-corrected chi connectivity index (χ2v) is 14.4. The predicted octanol–water partition coefficient (Wildman–Crippen LogP) is 7.15. The lowest BCUT2D eigenvalue weighted by molar-refractivity contribution is -0.137. The molecule has 2 aliphatic rings. The van der Waals surface area contributed by atoms with Crippen LogP contribution in [-0.4, -0.2) is 75.9 Å². The van der Waals surface area contributed by atoms with Crippen molar-refractivity contribution >= 4 is 40.7 Å². The van der Waals surface area contributed by atoms with Crippen molar-refractivity contribution in [2.75, 3.05) is 29.5 Å². The van der Waals surface area contributed by atoms with Gasteiger partial charge in [-0.15, -0.1) is 0 Å². The van der Waals surface area contributed by atoms with E-state index in [0.29, 0.717) is 37.6 Å². The van der Waals surface area contributed by atoms with E-state index >= 15 is 0 Å². The van der Waals surface area contributed by atoms with Crippen molar-refractivity contribution < 1.29 is 32.2 Å². The van der Waals surface area contributed by atoms with Gasteiger partial charge in [0, 0.05) is 36.9 Å². The molecule has 0 aromatic heterocycles. The fourth-order valence-electron chi connectivity index (χ4n) is 6.30. The molecule has 2 aromatic rings. The minimum atomic E-state index is -4.78. The van der Waals surface area contributed by atoms with E-state index in [1.54, 1.807) is 35.8 Å². The number of ether oxygens (including phenoxy) is 2. The number of carbonyl (C=O) groups is 2. The van der Waals surface area contributed by atoms with Crippen molar-refractivity contribution in [3.8, 4) is 11.8 Å². The van der Waals surface area contributed by atoms with E-state index in [-0.39, 0.29) is 35.0 Å². The highest BCUT2D eigenvalue weighted by Crippen LogP contribution is 2.40. The Morgan fingerprint density at radius 3 is 2.23 bits per heavy atom. The van der Waals surface area contributed by atoms with Crippen molar-refractivity contribution in [1.82, 2.24) is 9.80 Å². The summed E-state index contributed by atoms with van der Waals surface area (Å²) >= 11 is 5.70. The maximum Gasteiger partial charge on any atom is 0.417 e. The first-order chi connectivity index (χ1) is 22.2. The molecule has 2 aromatic carbocycles. The average Bonchev–Trinajstić information content (AvgIpc) is 3.16. The van der Waals surface area contributed by atoms with Gasteiger partial charge in [-0.05, 0) is 116 Å². The third-order valence-corrected chi connectivity index (χ3v) is 9.06. The highest BCUT2D eigenvalue weighted by molar-refractivity contribution is 7.81. The second kappa shape index (κ2) is 13.6. The van der Waals surface area contributed by atoms with Crippen molar-refractivity contribution in [3.05, 3.63) is 53.1 Å². The van der Waals surface area contributed by atoms with Gasteiger partial charge in [-0.25, -0.2) is 4.79 Å². The van der Waals surface area contributed by atoms with E-state index in [1.807, 2.05) is 53.7 Å². The first-order valence-corrected chi connectivity index (χ1v) is 16.4. The smallest absolute Gasteiger partial charge is 0.417 e. The molecule has 2 fully saturated rings. The largest absolute Gasteiger partial charge is 0.492 e. The Morgan fingerprint density at radius 1 is 1.08 bits per heavy atom. The van der Waals surface area contributed by atoms with Crippen molar-refractivity contribution in [2.45, 2.75) is 104 Å². The summed E-state index contributed by atoms with van der Waals surface area (Å²) in [7, 11) is 0. The van der Waals surface area contributed by atoms with Crippen LogP contribution in [0.15, 0.2) is 36.4 Å². The normalized spacial score (nSPS) is 20.9. The number of nitrogens with zero attached hydrogens (tertiary/aromatic N) is 5. The molecule has 0 spiro atoms. The van der Waals surface area contributed by atoms with Gasteiger partial charge in [0.2, 0.25) is 0 Å². The van der Waals surface area contributed by atoms with E-state index in [1.165, 1.54) is 6.07 Å². The number of anilines is 2. The van der Waals surface area contributed by atoms with Gasteiger partial charge >= 0.3 is 12.3 Å². The molecule has 4 rings (SSSR count). The number of thiocarbonyl (C=S) groups is 1. The number of hydrogen-bond donors (Lipinski definition) is 0. The van der Waals surface area contributed by atoms with Gasteiger partial charge in [-0.1, -0.05) is 6.92 Å². The van der Waals surface area contributed by atoms with Gasteiger partial charge in [0.25, 0.3) is 5.91 Å². The second-order valence-electron chi connectivity index (χ2n) is 14.0. The van der Waals surface area contributed by atoms with Crippen LogP contribution in [0.1, 0.15) is 79.0 Å². The highest BCUT2D eigenvalue weighted by Gasteiger charge is 2.51. The van der Waals surface area contributed by atoms with E-state index in [2.05, 4.69) is 11.8 Å². The number of halogens is 3. The molecule has 2 aliphatic heterocycles. The van der Waals surface area contributed by atoms with Gasteiger partial charge < -0.3 is 19.3 Å². The summed E-state index contributed by atoms with van der Waals surface area (Å²) in [6.07, 6.45) is -4.48. The monoisotopic (exact) mass is 687 g/mol. The van der Waals surface area contributed by atoms with Gasteiger partial charge in [-0.2, -0.15) is 18.4 Å². The van der Waals surface area contributed by atoms with Crippen molar-refractivity contribution in [1.29, 1.82) is 5.26 Å². The fraction of sp³-hybridized carbons (Fsp3) is 0.543. The number of benzene rings is 2. The van der Waals surface area contributed by atoms with Gasteiger partial charge in [0.1, 0.15) is 23.5 Å². The van der Waals surface area contributed by atoms with Gasteiger partial charge in [-0.3, -0.25) is 14.6 Å². The van der Waals surface area contributed by atoms with Crippen molar-refractivity contribution in [3.63, 3.8) is 0 Å². The van der Waals surface area contributed by atoms with Crippen LogP contribution in [0, 0.1) is 11.3 Å². The quantitative estimate of drug-likeness (QED) is 0.284. The van der Waals surface area contributed by atoms with Crippen molar-refractivity contribution in [2.24, 2.45) is 0 Å². The third kappa shape index (κ3) is 7.39. The predicted molar refractivity (Wildman–Crippen MR) is 182 cm³/mol. The Labute approximate surface area is 286 Å². The molecule has 9 nitrogen and oxygen atoms in total. The lowest BCUT2D eigenvalue weighted by Crippen LogP contribution is -2.61. The first-order valence-electron chi connectivity index (χ1n) is 16.0. The Bertz CT molecular complexity index is 1600. The SMILES string of the molecule is CCc1cc(N2C(=S)N(c3ccc(C#N)c(C(F)(F)F)c3)C(=O)C2(C)C)ccc1OC[C@H](C)N1CC(C)N(C(=O)OC(C)(C)C)C(C)C1. The Morgan fingerprint density at radius 2 is 1.69 bits per heavy atom. The Kier molecular flexibility index (Phi) is 10.4. The molecule has 260 valence electrons. The summed E-state index contributed by atoms with van der Waals surface area (Å²) in [6, 6.07) is 10.1. The molecule has 0 saturated carbocycles. The molecule has 0 bridgehead atoms. The molecule has 0 aliphatic carbocycles. The molecule has 0 radical (unpaired) electrons. The molecule has 2 heterocycles. The lowest BCUT2D eigenvalue weighted by atomic mass is 10.0. The zero-order valence-corrected chi connectivity index (χ0v) is 29.8. The van der Waals surface area contributed by atoms with Crippen LogP contribution >= 0.6 is 12.2 Å². The summed E-state index contributed by atoms with van der Waals surface area (Å²) in [6.45, 7) is 18.7. The van der Waals surface area contributed by atoms with Crippen LogP contribution in [0.4, 0.5) is 29.3 Å². The standard InChI is InChI=1S/C35H44F3N5O4S/c1-10-24-15-27(43-31(48)42(30(44)34(43,8)9)26-12-11-25(17-39)28(16-26)35(36,37)38)13-14-29(24)46-20-23(4)40-18-21(2)41(22(3)19-40)32(45)47-33(5,6)7/h11-16,21-23H,10,18-20H2,1-9H3/t21?,22?,23-/m0/s1. The minimum Gasteiger partial charge on any atom is -0.492 e. The number of carbonyl (C=O) groups excluding carboxylic acids is 2. The Balaban J connectivity index is 1.50. The zero-order chi connectivity index (χ0) is 35.9. The fourth-order valence-corrected chi connectivity index (χ4v) is 6.82. The van der Waals surface area contributed by atoms with E-state index < -0.39 is 34.4 Å². The average molecular weight is 688 g/mol. The summed E-state index contributed by atoms with van der Waals surface area (Å²) < 4.78 is 53.1. The molecule has 3 atom stereocenters. The van der Waals surface area contributed by atoms with Crippen LogP contribution in [-0.2, 0) is 22.1 Å². The molecule has 13 heteroatoms. The third-order valence-electron chi connectivity index (χ3n) is 8.69. The summed E-state index contributed by atoms with van der Waals surface area (Å²) in [4.78, 5) is 33.3. The number of alkyl halides is 3.